The van der Waals surface area contributed by atoms with Gasteiger partial charge in [0.25, 0.3) is 0 Å². The molecule has 68 valence electrons. The van der Waals surface area contributed by atoms with Crippen molar-refractivity contribution < 1.29 is 9.90 Å². The molecule has 0 aliphatic heterocycles. The molecule has 5 nitrogen and oxygen atoms in total. The molecule has 0 radical (unpaired) electrons. The molecule has 0 saturated heterocycles. The van der Waals surface area contributed by atoms with E-state index in [4.69, 9.17) is 0 Å². The summed E-state index contributed by atoms with van der Waals surface area (Å²) in [6, 6.07) is 0. The Balaban J connectivity index is 2.70. The van der Waals surface area contributed by atoms with E-state index in [2.05, 4.69) is 15.4 Å². The highest BCUT2D eigenvalue weighted by molar-refractivity contribution is 6.05. The number of carbonyl (C=O) groups is 1. The van der Waals surface area contributed by atoms with Gasteiger partial charge in [0.2, 0.25) is 0 Å². The highest BCUT2D eigenvalue weighted by Crippen LogP contribution is 2.31. The molecular weight excluding hydrogens is 170 g/mol. The third kappa shape index (κ3) is 0.936. The largest absolute Gasteiger partial charge is 0.375 e. The van der Waals surface area contributed by atoms with Gasteiger partial charge in [-0.05, 0) is 25.5 Å². The SMILES string of the molecule is CC1=CC(=O)C(C)(O)c2n[nH]nc21. The third-order valence-corrected chi connectivity index (χ3v) is 2.21. The smallest absolute Gasteiger partial charge is 0.193 e. The van der Waals surface area contributed by atoms with Crippen molar-refractivity contribution in [3.8, 4) is 0 Å². The molecule has 13 heavy (non-hydrogen) atoms. The van der Waals surface area contributed by atoms with E-state index in [1.165, 1.54) is 13.0 Å². The number of hydrogen-bond donors (Lipinski definition) is 2. The first-order chi connectivity index (χ1) is 6.03. The van der Waals surface area contributed by atoms with Crippen molar-refractivity contribution >= 4 is 11.4 Å². The van der Waals surface area contributed by atoms with Crippen LogP contribution in [-0.4, -0.2) is 26.3 Å². The van der Waals surface area contributed by atoms with Gasteiger partial charge in [-0.1, -0.05) is 0 Å². The highest BCUT2D eigenvalue weighted by Gasteiger charge is 2.39. The van der Waals surface area contributed by atoms with Gasteiger partial charge >= 0.3 is 0 Å². The average molecular weight is 179 g/mol. The van der Waals surface area contributed by atoms with Gasteiger partial charge in [-0.3, -0.25) is 4.79 Å². The van der Waals surface area contributed by atoms with Crippen LogP contribution >= 0.6 is 0 Å². The molecule has 1 atom stereocenters. The molecule has 1 aliphatic rings. The van der Waals surface area contributed by atoms with Gasteiger partial charge in [-0.2, -0.15) is 15.4 Å². The van der Waals surface area contributed by atoms with E-state index in [1.54, 1.807) is 6.92 Å². The number of fused-ring (bicyclic) bond motifs is 1. The first-order valence-electron chi connectivity index (χ1n) is 3.90. The van der Waals surface area contributed by atoms with Crippen molar-refractivity contribution in [2.45, 2.75) is 19.4 Å². The van der Waals surface area contributed by atoms with Crippen molar-refractivity contribution in [2.24, 2.45) is 0 Å². The van der Waals surface area contributed by atoms with E-state index in [0.29, 0.717) is 11.4 Å². The maximum Gasteiger partial charge on any atom is 0.193 e. The minimum Gasteiger partial charge on any atom is -0.375 e. The van der Waals surface area contributed by atoms with Crippen LogP contribution in [0.1, 0.15) is 25.2 Å². The van der Waals surface area contributed by atoms with E-state index in [0.717, 1.165) is 5.57 Å². The molecule has 0 fully saturated rings. The molecule has 0 aromatic carbocycles. The van der Waals surface area contributed by atoms with Crippen LogP contribution in [0.5, 0.6) is 0 Å². The summed E-state index contributed by atoms with van der Waals surface area (Å²) in [6.07, 6.45) is 1.38. The molecule has 0 bridgehead atoms. The third-order valence-electron chi connectivity index (χ3n) is 2.21. The Labute approximate surface area is 74.5 Å². The normalized spacial score (nSPS) is 27.0. The number of aliphatic hydroxyl groups is 1. The van der Waals surface area contributed by atoms with Gasteiger partial charge in [0.15, 0.2) is 11.4 Å². The van der Waals surface area contributed by atoms with Crippen molar-refractivity contribution in [1.29, 1.82) is 0 Å². The number of ketones is 1. The Morgan fingerprint density at radius 3 is 2.92 bits per heavy atom. The second kappa shape index (κ2) is 2.26. The lowest BCUT2D eigenvalue weighted by Gasteiger charge is -2.22. The molecule has 0 spiro atoms. The zero-order chi connectivity index (χ0) is 9.64. The molecule has 0 amide bonds. The van der Waals surface area contributed by atoms with Crippen LogP contribution in [0.15, 0.2) is 6.08 Å². The average Bonchev–Trinajstić information content (AvgIpc) is 2.49. The van der Waals surface area contributed by atoms with Crippen LogP contribution in [0.3, 0.4) is 0 Å². The van der Waals surface area contributed by atoms with Crippen LogP contribution in [0, 0.1) is 0 Å². The quantitative estimate of drug-likeness (QED) is 0.587. The van der Waals surface area contributed by atoms with E-state index >= 15 is 0 Å². The molecule has 0 saturated carbocycles. The number of H-pyrrole nitrogens is 1. The number of allylic oxidation sites excluding steroid dienone is 1. The standard InChI is InChI=1S/C8H9N3O2/c1-4-3-5(12)8(2,13)7-6(4)9-11-10-7/h3,13H,1-2H3,(H,9,10,11). The van der Waals surface area contributed by atoms with E-state index in [9.17, 15) is 9.90 Å². The van der Waals surface area contributed by atoms with Crippen molar-refractivity contribution in [2.75, 3.05) is 0 Å². The van der Waals surface area contributed by atoms with Crippen LogP contribution < -0.4 is 0 Å². The number of hydrogen-bond acceptors (Lipinski definition) is 4. The van der Waals surface area contributed by atoms with Gasteiger partial charge in [-0.15, -0.1) is 0 Å². The maximum absolute atomic E-state index is 11.4. The molecule has 1 heterocycles. The summed E-state index contributed by atoms with van der Waals surface area (Å²) in [5.74, 6) is -0.355. The first-order valence-corrected chi connectivity index (χ1v) is 3.90. The van der Waals surface area contributed by atoms with E-state index in [1.807, 2.05) is 0 Å². The van der Waals surface area contributed by atoms with Crippen molar-refractivity contribution in [1.82, 2.24) is 15.4 Å². The molecule has 1 aliphatic carbocycles. The van der Waals surface area contributed by atoms with Crippen LogP contribution in [0.2, 0.25) is 0 Å². The predicted octanol–water partition coefficient (Wildman–Crippen LogP) is -0.00180. The fraction of sp³-hybridized carbons (Fsp3) is 0.375. The summed E-state index contributed by atoms with van der Waals surface area (Å²) in [5, 5.41) is 19.8. The zero-order valence-electron chi connectivity index (χ0n) is 7.33. The fourth-order valence-electron chi connectivity index (χ4n) is 1.37. The maximum atomic E-state index is 11.4. The lowest BCUT2D eigenvalue weighted by Crippen LogP contribution is -2.34. The summed E-state index contributed by atoms with van der Waals surface area (Å²) in [7, 11) is 0. The monoisotopic (exact) mass is 179 g/mol. The predicted molar refractivity (Wildman–Crippen MR) is 44.6 cm³/mol. The number of rotatable bonds is 0. The summed E-state index contributed by atoms with van der Waals surface area (Å²) in [4.78, 5) is 11.4. The van der Waals surface area contributed by atoms with Gasteiger partial charge in [0, 0.05) is 0 Å². The number of nitrogens with zero attached hydrogens (tertiary/aromatic N) is 2. The molecular formula is C8H9N3O2. The minimum absolute atomic E-state index is 0.303. The second-order valence-corrected chi connectivity index (χ2v) is 3.28. The minimum atomic E-state index is -1.54. The Morgan fingerprint density at radius 2 is 2.23 bits per heavy atom. The van der Waals surface area contributed by atoms with E-state index < -0.39 is 5.60 Å². The fourth-order valence-corrected chi connectivity index (χ4v) is 1.37. The molecule has 1 aromatic heterocycles. The Morgan fingerprint density at radius 1 is 1.54 bits per heavy atom. The topological polar surface area (TPSA) is 78.9 Å². The van der Waals surface area contributed by atoms with Gasteiger partial charge in [0.1, 0.15) is 11.4 Å². The van der Waals surface area contributed by atoms with Gasteiger partial charge in [0.05, 0.1) is 0 Å². The number of nitrogens with one attached hydrogen (secondary N) is 1. The number of aromatic nitrogens is 3. The highest BCUT2D eigenvalue weighted by atomic mass is 16.3. The summed E-state index contributed by atoms with van der Waals surface area (Å²) < 4.78 is 0. The second-order valence-electron chi connectivity index (χ2n) is 3.28. The van der Waals surface area contributed by atoms with Crippen LogP contribution in [0.4, 0.5) is 0 Å². The summed E-state index contributed by atoms with van der Waals surface area (Å²) >= 11 is 0. The summed E-state index contributed by atoms with van der Waals surface area (Å²) in [5.41, 5.74) is 0.0457. The number of aromatic amines is 1. The van der Waals surface area contributed by atoms with E-state index in [-0.39, 0.29) is 5.78 Å². The lowest BCUT2D eigenvalue weighted by atomic mass is 9.87. The first kappa shape index (κ1) is 8.12. The Hall–Kier alpha value is -1.49. The van der Waals surface area contributed by atoms with Crippen LogP contribution in [-0.2, 0) is 10.4 Å². The Kier molecular flexibility index (Phi) is 1.41. The van der Waals surface area contributed by atoms with Gasteiger partial charge in [-0.25, -0.2) is 0 Å². The van der Waals surface area contributed by atoms with Crippen molar-refractivity contribution in [3.63, 3.8) is 0 Å². The lowest BCUT2D eigenvalue weighted by molar-refractivity contribution is -0.131. The molecule has 5 heteroatoms. The molecule has 2 rings (SSSR count). The number of carbonyl (C=O) groups excluding carboxylic acids is 1. The molecule has 2 N–H and O–H groups in total. The molecule has 1 unspecified atom stereocenters. The molecule has 1 aromatic rings. The van der Waals surface area contributed by atoms with Crippen molar-refractivity contribution in [3.05, 3.63) is 17.5 Å². The van der Waals surface area contributed by atoms with Crippen LogP contribution in [0.25, 0.3) is 5.57 Å². The Bertz CT molecular complexity index is 403. The van der Waals surface area contributed by atoms with Gasteiger partial charge < -0.3 is 5.11 Å². The summed E-state index contributed by atoms with van der Waals surface area (Å²) in [6.45, 7) is 3.17. The zero-order valence-corrected chi connectivity index (χ0v) is 7.33.